The zero-order valence-corrected chi connectivity index (χ0v) is 14.6. The SMILES string of the molecule is Cl.OCCNc1nc(Nc2ccc(Br)cc2)nc2ccccc12. The molecule has 0 aliphatic rings. The molecule has 0 aliphatic heterocycles. The molecule has 0 amide bonds. The van der Waals surface area contributed by atoms with Gasteiger partial charge in [-0.05, 0) is 36.4 Å². The molecule has 3 rings (SSSR count). The van der Waals surface area contributed by atoms with Crippen LogP contribution >= 0.6 is 28.3 Å². The first-order valence-corrected chi connectivity index (χ1v) is 7.69. The Morgan fingerprint density at radius 2 is 1.74 bits per heavy atom. The quantitative estimate of drug-likeness (QED) is 0.610. The summed E-state index contributed by atoms with van der Waals surface area (Å²) in [7, 11) is 0. The average Bonchev–Trinajstić information content (AvgIpc) is 2.55. The average molecular weight is 396 g/mol. The molecule has 3 N–H and O–H groups in total. The number of aromatic nitrogens is 2. The number of fused-ring (bicyclic) bond motifs is 1. The molecule has 0 unspecified atom stereocenters. The fourth-order valence-electron chi connectivity index (χ4n) is 2.10. The molecular formula is C16H16BrClN4O. The lowest BCUT2D eigenvalue weighted by Crippen LogP contribution is -2.09. The normalized spacial score (nSPS) is 10.2. The third-order valence-electron chi connectivity index (χ3n) is 3.11. The molecule has 0 saturated carbocycles. The van der Waals surface area contributed by atoms with Crippen molar-refractivity contribution >= 4 is 56.7 Å². The van der Waals surface area contributed by atoms with Crippen LogP contribution in [0.2, 0.25) is 0 Å². The van der Waals surface area contributed by atoms with E-state index in [1.54, 1.807) is 0 Å². The maximum atomic E-state index is 9.00. The van der Waals surface area contributed by atoms with Crippen LogP contribution < -0.4 is 10.6 Å². The first kappa shape index (κ1) is 17.5. The molecule has 5 nitrogen and oxygen atoms in total. The number of aliphatic hydroxyl groups is 1. The largest absolute Gasteiger partial charge is 0.395 e. The van der Waals surface area contributed by atoms with Crippen molar-refractivity contribution in [2.45, 2.75) is 0 Å². The number of hydrogen-bond donors (Lipinski definition) is 3. The molecule has 1 aromatic heterocycles. The Balaban J connectivity index is 0.00000192. The summed E-state index contributed by atoms with van der Waals surface area (Å²) < 4.78 is 1.02. The maximum Gasteiger partial charge on any atom is 0.229 e. The van der Waals surface area contributed by atoms with Gasteiger partial charge in [0.15, 0.2) is 0 Å². The van der Waals surface area contributed by atoms with E-state index in [1.165, 1.54) is 0 Å². The van der Waals surface area contributed by atoms with E-state index in [0.717, 1.165) is 21.1 Å². The van der Waals surface area contributed by atoms with Crippen molar-refractivity contribution < 1.29 is 5.11 Å². The molecule has 1 heterocycles. The van der Waals surface area contributed by atoms with Crippen LogP contribution in [0.1, 0.15) is 0 Å². The summed E-state index contributed by atoms with van der Waals surface area (Å²) in [6.45, 7) is 0.493. The predicted molar refractivity (Wildman–Crippen MR) is 99.8 cm³/mol. The van der Waals surface area contributed by atoms with Crippen LogP contribution in [0.15, 0.2) is 53.0 Å². The Morgan fingerprint density at radius 3 is 2.48 bits per heavy atom. The first-order chi connectivity index (χ1) is 10.8. The highest BCUT2D eigenvalue weighted by Crippen LogP contribution is 2.24. The van der Waals surface area contributed by atoms with Crippen molar-refractivity contribution in [3.63, 3.8) is 0 Å². The molecule has 0 radical (unpaired) electrons. The van der Waals surface area contributed by atoms with Crippen LogP contribution in [0, 0.1) is 0 Å². The molecule has 2 aromatic carbocycles. The summed E-state index contributed by atoms with van der Waals surface area (Å²) in [6, 6.07) is 15.6. The molecule has 23 heavy (non-hydrogen) atoms. The van der Waals surface area contributed by atoms with Crippen LogP contribution in [0.5, 0.6) is 0 Å². The van der Waals surface area contributed by atoms with E-state index in [2.05, 4.69) is 36.5 Å². The molecule has 0 spiro atoms. The van der Waals surface area contributed by atoms with Gasteiger partial charge >= 0.3 is 0 Å². The lowest BCUT2D eigenvalue weighted by molar-refractivity contribution is 0.311. The van der Waals surface area contributed by atoms with E-state index in [1.807, 2.05) is 48.5 Å². The predicted octanol–water partition coefficient (Wildman–Crippen LogP) is 3.96. The van der Waals surface area contributed by atoms with E-state index < -0.39 is 0 Å². The fourth-order valence-corrected chi connectivity index (χ4v) is 2.37. The smallest absolute Gasteiger partial charge is 0.229 e. The lowest BCUT2D eigenvalue weighted by atomic mass is 10.2. The number of para-hydroxylation sites is 1. The highest BCUT2D eigenvalue weighted by atomic mass is 79.9. The summed E-state index contributed by atoms with van der Waals surface area (Å²) >= 11 is 3.41. The van der Waals surface area contributed by atoms with Crippen LogP contribution in [0.3, 0.4) is 0 Å². The van der Waals surface area contributed by atoms with Gasteiger partial charge in [-0.25, -0.2) is 4.98 Å². The topological polar surface area (TPSA) is 70.1 Å². The Morgan fingerprint density at radius 1 is 1.00 bits per heavy atom. The van der Waals surface area contributed by atoms with Crippen molar-refractivity contribution in [1.29, 1.82) is 0 Å². The third kappa shape index (κ3) is 4.31. The molecule has 0 saturated heterocycles. The Labute approximate surface area is 148 Å². The van der Waals surface area contributed by atoms with Crippen LogP contribution in [-0.4, -0.2) is 28.2 Å². The molecule has 0 atom stereocenters. The number of halogens is 2. The van der Waals surface area contributed by atoms with Gasteiger partial charge in [0.05, 0.1) is 12.1 Å². The van der Waals surface area contributed by atoms with Gasteiger partial charge in [0.25, 0.3) is 0 Å². The van der Waals surface area contributed by atoms with Crippen LogP contribution in [-0.2, 0) is 0 Å². The van der Waals surface area contributed by atoms with Gasteiger partial charge in [-0.1, -0.05) is 28.1 Å². The number of hydrogen-bond acceptors (Lipinski definition) is 5. The monoisotopic (exact) mass is 394 g/mol. The number of nitrogens with one attached hydrogen (secondary N) is 2. The van der Waals surface area contributed by atoms with Crippen molar-refractivity contribution in [2.75, 3.05) is 23.8 Å². The molecule has 120 valence electrons. The molecular weight excluding hydrogens is 380 g/mol. The minimum Gasteiger partial charge on any atom is -0.395 e. The summed E-state index contributed by atoms with van der Waals surface area (Å²) in [6.07, 6.45) is 0. The second kappa shape index (κ2) is 8.10. The zero-order chi connectivity index (χ0) is 15.4. The van der Waals surface area contributed by atoms with Gasteiger partial charge in [0, 0.05) is 22.1 Å². The van der Waals surface area contributed by atoms with Crippen molar-refractivity contribution in [3.8, 4) is 0 Å². The molecule has 7 heteroatoms. The van der Waals surface area contributed by atoms with Gasteiger partial charge in [-0.2, -0.15) is 4.98 Å². The van der Waals surface area contributed by atoms with Gasteiger partial charge in [-0.3, -0.25) is 0 Å². The van der Waals surface area contributed by atoms with Crippen LogP contribution in [0.4, 0.5) is 17.5 Å². The first-order valence-electron chi connectivity index (χ1n) is 6.90. The van der Waals surface area contributed by atoms with Gasteiger partial charge in [0.2, 0.25) is 5.95 Å². The fraction of sp³-hybridized carbons (Fsp3) is 0.125. The third-order valence-corrected chi connectivity index (χ3v) is 3.64. The van der Waals surface area contributed by atoms with E-state index in [0.29, 0.717) is 18.3 Å². The zero-order valence-electron chi connectivity index (χ0n) is 12.2. The van der Waals surface area contributed by atoms with Crippen LogP contribution in [0.25, 0.3) is 10.9 Å². The highest BCUT2D eigenvalue weighted by Gasteiger charge is 2.07. The molecule has 3 aromatic rings. The number of rotatable bonds is 5. The summed E-state index contributed by atoms with van der Waals surface area (Å²) in [5.74, 6) is 1.22. The Kier molecular flexibility index (Phi) is 6.15. The molecule has 0 bridgehead atoms. The lowest BCUT2D eigenvalue weighted by Gasteiger charge is -2.11. The van der Waals surface area contributed by atoms with E-state index in [9.17, 15) is 0 Å². The standard InChI is InChI=1S/C16H15BrN4O.ClH/c17-11-5-7-12(8-6-11)19-16-20-14-4-2-1-3-13(14)15(21-16)18-9-10-22;/h1-8,22H,9-10H2,(H2,18,19,20,21);1H. The van der Waals surface area contributed by atoms with Gasteiger partial charge in [0.1, 0.15) is 5.82 Å². The Hall–Kier alpha value is -1.89. The number of aliphatic hydroxyl groups excluding tert-OH is 1. The summed E-state index contributed by atoms with van der Waals surface area (Å²) in [4.78, 5) is 9.03. The number of anilines is 3. The van der Waals surface area contributed by atoms with Crippen molar-refractivity contribution in [3.05, 3.63) is 53.0 Å². The van der Waals surface area contributed by atoms with Crippen molar-refractivity contribution in [2.24, 2.45) is 0 Å². The van der Waals surface area contributed by atoms with Gasteiger partial charge in [-0.15, -0.1) is 12.4 Å². The highest BCUT2D eigenvalue weighted by molar-refractivity contribution is 9.10. The van der Waals surface area contributed by atoms with E-state index in [-0.39, 0.29) is 19.0 Å². The van der Waals surface area contributed by atoms with E-state index in [4.69, 9.17) is 5.11 Å². The maximum absolute atomic E-state index is 9.00. The summed E-state index contributed by atoms with van der Waals surface area (Å²) in [5.41, 5.74) is 1.75. The number of nitrogens with zero attached hydrogens (tertiary/aromatic N) is 2. The van der Waals surface area contributed by atoms with Crippen molar-refractivity contribution in [1.82, 2.24) is 9.97 Å². The minimum absolute atomic E-state index is 0. The van der Waals surface area contributed by atoms with E-state index >= 15 is 0 Å². The second-order valence-corrected chi connectivity index (χ2v) is 5.61. The molecule has 0 aliphatic carbocycles. The Bertz CT molecular complexity index is 783. The minimum atomic E-state index is 0. The second-order valence-electron chi connectivity index (χ2n) is 4.70. The summed E-state index contributed by atoms with van der Waals surface area (Å²) in [5, 5.41) is 16.3. The molecule has 0 fully saturated rings. The van der Waals surface area contributed by atoms with Gasteiger partial charge < -0.3 is 15.7 Å². The number of benzene rings is 2.